The molecule has 0 aliphatic carbocycles. The predicted molar refractivity (Wildman–Crippen MR) is 118 cm³/mol. The number of hydrogen-bond donors (Lipinski definition) is 1. The van der Waals surface area contributed by atoms with Crippen molar-refractivity contribution in [3.63, 3.8) is 0 Å². The van der Waals surface area contributed by atoms with E-state index >= 15 is 0 Å². The summed E-state index contributed by atoms with van der Waals surface area (Å²) in [6.07, 6.45) is 4.82. The van der Waals surface area contributed by atoms with Gasteiger partial charge in [-0.1, -0.05) is 29.8 Å². The molecule has 1 atom stereocenters. The number of aryl methyl sites for hydroxylation is 1. The van der Waals surface area contributed by atoms with Crippen molar-refractivity contribution in [2.75, 3.05) is 11.4 Å². The van der Waals surface area contributed by atoms with E-state index in [0.29, 0.717) is 23.5 Å². The maximum Gasteiger partial charge on any atom is 0.251 e. The largest absolute Gasteiger partial charge is 0.344 e. The molecule has 6 nitrogen and oxygen atoms in total. The topological polar surface area (TPSA) is 75.2 Å². The Bertz CT molecular complexity index is 1030. The van der Waals surface area contributed by atoms with Gasteiger partial charge in [0.15, 0.2) is 0 Å². The third-order valence-corrected chi connectivity index (χ3v) is 4.95. The number of benzene rings is 2. The lowest BCUT2D eigenvalue weighted by Gasteiger charge is -2.21. The van der Waals surface area contributed by atoms with E-state index < -0.39 is 0 Å². The first-order chi connectivity index (χ1) is 14.4. The molecule has 0 saturated carbocycles. The predicted octanol–water partition coefficient (Wildman–Crippen LogP) is 4.32. The molecule has 2 amide bonds. The van der Waals surface area contributed by atoms with Crippen molar-refractivity contribution in [3.8, 4) is 11.1 Å². The summed E-state index contributed by atoms with van der Waals surface area (Å²) in [6, 6.07) is 13.3. The molecule has 1 unspecified atom stereocenters. The molecule has 2 aromatic carbocycles. The lowest BCUT2D eigenvalue weighted by Crippen LogP contribution is -2.30. The molecule has 1 heterocycles. The van der Waals surface area contributed by atoms with E-state index in [1.54, 1.807) is 29.6 Å². The lowest BCUT2D eigenvalue weighted by atomic mass is 10.00. The summed E-state index contributed by atoms with van der Waals surface area (Å²) < 4.78 is 0. The summed E-state index contributed by atoms with van der Waals surface area (Å²) in [5.41, 5.74) is 4.88. The van der Waals surface area contributed by atoms with Crippen LogP contribution in [-0.4, -0.2) is 28.3 Å². The number of nitrogens with zero attached hydrogens (tertiary/aromatic N) is 3. The van der Waals surface area contributed by atoms with Gasteiger partial charge in [0.05, 0.1) is 17.9 Å². The molecular formula is C24H26N4O2. The second kappa shape index (κ2) is 9.31. The van der Waals surface area contributed by atoms with Gasteiger partial charge < -0.3 is 10.2 Å². The molecule has 0 bridgehead atoms. The van der Waals surface area contributed by atoms with Gasteiger partial charge in [0.2, 0.25) is 5.91 Å². The van der Waals surface area contributed by atoms with Crippen LogP contribution in [0.5, 0.6) is 0 Å². The van der Waals surface area contributed by atoms with Gasteiger partial charge in [-0.2, -0.15) is 0 Å². The molecule has 1 N–H and O–H groups in total. The minimum Gasteiger partial charge on any atom is -0.344 e. The molecule has 0 aliphatic rings. The molecule has 30 heavy (non-hydrogen) atoms. The number of carbonyl (C=O) groups excluding carboxylic acids is 2. The molecule has 0 spiro atoms. The molecule has 154 valence electrons. The Morgan fingerprint density at radius 1 is 1.07 bits per heavy atom. The Kier molecular flexibility index (Phi) is 6.57. The first kappa shape index (κ1) is 21.2. The highest BCUT2D eigenvalue weighted by atomic mass is 16.2. The second-order valence-electron chi connectivity index (χ2n) is 7.22. The summed E-state index contributed by atoms with van der Waals surface area (Å²) in [5.74, 6) is -0.305. The Labute approximate surface area is 177 Å². The fraction of sp³-hybridized carbons (Fsp3) is 0.250. The quantitative estimate of drug-likeness (QED) is 0.666. The van der Waals surface area contributed by atoms with Crippen molar-refractivity contribution >= 4 is 17.5 Å². The highest BCUT2D eigenvalue weighted by Gasteiger charge is 2.17. The molecule has 0 radical (unpaired) electrons. The van der Waals surface area contributed by atoms with Gasteiger partial charge in [-0.25, -0.2) is 0 Å². The number of hydrogen-bond acceptors (Lipinski definition) is 4. The monoisotopic (exact) mass is 402 g/mol. The standard InChI is InChI=1S/C24H26N4O2/c1-5-28(18(4)29)22-13-20(19-8-6-16(2)7-9-19)12-21(14-22)24(30)27-17(3)23-15-25-10-11-26-23/h6-15,17H,5H2,1-4H3,(H,27,30). The Hall–Kier alpha value is -3.54. The van der Waals surface area contributed by atoms with Crippen LogP contribution in [0.1, 0.15) is 48.4 Å². The molecule has 3 aromatic rings. The molecule has 0 saturated heterocycles. The van der Waals surface area contributed by atoms with Crippen LogP contribution in [0.25, 0.3) is 11.1 Å². The van der Waals surface area contributed by atoms with Crippen molar-refractivity contribution in [3.05, 3.63) is 77.9 Å². The fourth-order valence-corrected chi connectivity index (χ4v) is 3.29. The van der Waals surface area contributed by atoms with E-state index in [2.05, 4.69) is 15.3 Å². The number of amides is 2. The van der Waals surface area contributed by atoms with Gasteiger partial charge in [0, 0.05) is 37.1 Å². The Morgan fingerprint density at radius 3 is 2.40 bits per heavy atom. The lowest BCUT2D eigenvalue weighted by molar-refractivity contribution is -0.116. The number of anilines is 1. The number of carbonyl (C=O) groups is 2. The van der Waals surface area contributed by atoms with Crippen molar-refractivity contribution in [1.82, 2.24) is 15.3 Å². The van der Waals surface area contributed by atoms with E-state index in [9.17, 15) is 9.59 Å². The van der Waals surface area contributed by atoms with Crippen molar-refractivity contribution < 1.29 is 9.59 Å². The normalized spacial score (nSPS) is 11.6. The summed E-state index contributed by atoms with van der Waals surface area (Å²) in [5, 5.41) is 2.97. The summed E-state index contributed by atoms with van der Waals surface area (Å²) in [6.45, 7) is 7.85. The second-order valence-corrected chi connectivity index (χ2v) is 7.22. The van der Waals surface area contributed by atoms with Crippen LogP contribution < -0.4 is 10.2 Å². The van der Waals surface area contributed by atoms with E-state index in [1.807, 2.05) is 57.2 Å². The van der Waals surface area contributed by atoms with Crippen molar-refractivity contribution in [2.45, 2.75) is 33.7 Å². The van der Waals surface area contributed by atoms with E-state index in [-0.39, 0.29) is 17.9 Å². The van der Waals surface area contributed by atoms with Gasteiger partial charge in [0.1, 0.15) is 0 Å². The number of rotatable bonds is 6. The number of aromatic nitrogens is 2. The zero-order valence-electron chi connectivity index (χ0n) is 17.7. The SMILES string of the molecule is CCN(C(C)=O)c1cc(C(=O)NC(C)c2cnccn2)cc(-c2ccc(C)cc2)c1. The van der Waals surface area contributed by atoms with Gasteiger partial charge in [-0.15, -0.1) is 0 Å². The average molecular weight is 402 g/mol. The Balaban J connectivity index is 1.99. The Morgan fingerprint density at radius 2 is 1.80 bits per heavy atom. The van der Waals surface area contributed by atoms with Crippen LogP contribution in [0.4, 0.5) is 5.69 Å². The van der Waals surface area contributed by atoms with Crippen molar-refractivity contribution in [2.24, 2.45) is 0 Å². The average Bonchev–Trinajstić information content (AvgIpc) is 2.75. The molecule has 0 fully saturated rings. The third kappa shape index (κ3) is 4.89. The van der Waals surface area contributed by atoms with Crippen LogP contribution in [0.15, 0.2) is 61.1 Å². The summed E-state index contributed by atoms with van der Waals surface area (Å²) in [7, 11) is 0. The zero-order valence-corrected chi connectivity index (χ0v) is 17.7. The van der Waals surface area contributed by atoms with Gasteiger partial charge in [0.25, 0.3) is 5.91 Å². The van der Waals surface area contributed by atoms with E-state index in [1.165, 1.54) is 6.92 Å². The summed E-state index contributed by atoms with van der Waals surface area (Å²) >= 11 is 0. The summed E-state index contributed by atoms with van der Waals surface area (Å²) in [4.78, 5) is 35.1. The van der Waals surface area contributed by atoms with Crippen LogP contribution in [-0.2, 0) is 4.79 Å². The van der Waals surface area contributed by atoms with Crippen LogP contribution >= 0.6 is 0 Å². The third-order valence-electron chi connectivity index (χ3n) is 4.95. The minimum atomic E-state index is -0.298. The minimum absolute atomic E-state index is 0.0714. The molecule has 6 heteroatoms. The fourth-order valence-electron chi connectivity index (χ4n) is 3.29. The van der Waals surface area contributed by atoms with Crippen molar-refractivity contribution in [1.29, 1.82) is 0 Å². The highest BCUT2D eigenvalue weighted by Crippen LogP contribution is 2.28. The van der Waals surface area contributed by atoms with Crippen LogP contribution in [0.2, 0.25) is 0 Å². The van der Waals surface area contributed by atoms with Gasteiger partial charge in [-0.3, -0.25) is 19.6 Å². The molecule has 1 aromatic heterocycles. The first-order valence-electron chi connectivity index (χ1n) is 9.96. The van der Waals surface area contributed by atoms with E-state index in [4.69, 9.17) is 0 Å². The highest BCUT2D eigenvalue weighted by molar-refractivity contribution is 5.99. The zero-order chi connectivity index (χ0) is 21.7. The first-order valence-corrected chi connectivity index (χ1v) is 9.96. The van der Waals surface area contributed by atoms with Crippen LogP contribution in [0, 0.1) is 6.92 Å². The maximum atomic E-state index is 13.0. The van der Waals surface area contributed by atoms with Crippen LogP contribution in [0.3, 0.4) is 0 Å². The van der Waals surface area contributed by atoms with Gasteiger partial charge in [-0.05, 0) is 50.1 Å². The molecule has 3 rings (SSSR count). The maximum absolute atomic E-state index is 13.0. The number of nitrogens with one attached hydrogen (secondary N) is 1. The smallest absolute Gasteiger partial charge is 0.251 e. The molecular weight excluding hydrogens is 376 g/mol. The molecule has 0 aliphatic heterocycles. The van der Waals surface area contributed by atoms with E-state index in [0.717, 1.165) is 16.7 Å². The van der Waals surface area contributed by atoms with Gasteiger partial charge >= 0.3 is 0 Å².